The average Bonchev–Trinajstić information content (AvgIpc) is 2.86. The molecule has 0 saturated carbocycles. The standard InChI is InChI=1S/C14H22N2O3/c1-15(2)11-5-4-8-16(9-11)10-12-6-7-13(19-12)14(17)18-3/h6-7,11H,4-5,8-10H2,1-3H3. The Balaban J connectivity index is 1.93. The van der Waals surface area contributed by atoms with Gasteiger partial charge < -0.3 is 14.1 Å². The van der Waals surface area contributed by atoms with Crippen molar-refractivity contribution in [2.75, 3.05) is 34.3 Å². The van der Waals surface area contributed by atoms with E-state index in [1.807, 2.05) is 6.07 Å². The summed E-state index contributed by atoms with van der Waals surface area (Å²) in [4.78, 5) is 16.0. The Morgan fingerprint density at radius 2 is 2.32 bits per heavy atom. The van der Waals surface area contributed by atoms with Crippen molar-refractivity contribution in [3.8, 4) is 0 Å². The molecule has 5 heteroatoms. The Morgan fingerprint density at radius 3 is 3.00 bits per heavy atom. The van der Waals surface area contributed by atoms with Gasteiger partial charge in [0.2, 0.25) is 5.76 Å². The summed E-state index contributed by atoms with van der Waals surface area (Å²) in [5, 5.41) is 0. The molecule has 1 aliphatic heterocycles. The molecule has 5 nitrogen and oxygen atoms in total. The molecular weight excluding hydrogens is 244 g/mol. The Morgan fingerprint density at radius 1 is 1.53 bits per heavy atom. The molecule has 0 radical (unpaired) electrons. The van der Waals surface area contributed by atoms with Crippen molar-refractivity contribution in [2.45, 2.75) is 25.4 Å². The minimum absolute atomic E-state index is 0.277. The summed E-state index contributed by atoms with van der Waals surface area (Å²) >= 11 is 0. The quantitative estimate of drug-likeness (QED) is 0.774. The highest BCUT2D eigenvalue weighted by molar-refractivity contribution is 5.86. The number of furan rings is 1. The number of piperidine rings is 1. The van der Waals surface area contributed by atoms with Crippen LogP contribution in [0.5, 0.6) is 0 Å². The van der Waals surface area contributed by atoms with Gasteiger partial charge in [0.25, 0.3) is 0 Å². The average molecular weight is 266 g/mol. The largest absolute Gasteiger partial charge is 0.463 e. The van der Waals surface area contributed by atoms with Crippen LogP contribution in [0.4, 0.5) is 0 Å². The minimum Gasteiger partial charge on any atom is -0.463 e. The highest BCUT2D eigenvalue weighted by Crippen LogP contribution is 2.18. The zero-order chi connectivity index (χ0) is 13.8. The zero-order valence-electron chi connectivity index (χ0n) is 11.9. The van der Waals surface area contributed by atoms with Crippen molar-refractivity contribution in [1.82, 2.24) is 9.80 Å². The molecule has 2 heterocycles. The fourth-order valence-corrected chi connectivity index (χ4v) is 2.49. The van der Waals surface area contributed by atoms with Gasteiger partial charge in [-0.1, -0.05) is 0 Å². The molecule has 2 rings (SSSR count). The van der Waals surface area contributed by atoms with Gasteiger partial charge in [0, 0.05) is 12.6 Å². The van der Waals surface area contributed by atoms with E-state index in [1.54, 1.807) is 6.07 Å². The number of carbonyl (C=O) groups is 1. The minimum atomic E-state index is -0.420. The van der Waals surface area contributed by atoms with Crippen molar-refractivity contribution >= 4 is 5.97 Å². The Bertz CT molecular complexity index is 428. The Kier molecular flexibility index (Phi) is 4.61. The lowest BCUT2D eigenvalue weighted by molar-refractivity contribution is 0.0559. The predicted molar refractivity (Wildman–Crippen MR) is 72.0 cm³/mol. The summed E-state index contributed by atoms with van der Waals surface area (Å²) in [6.45, 7) is 2.88. The van der Waals surface area contributed by atoms with Crippen LogP contribution in [0.2, 0.25) is 0 Å². The van der Waals surface area contributed by atoms with E-state index in [0.717, 1.165) is 25.4 Å². The van der Waals surface area contributed by atoms with E-state index in [2.05, 4.69) is 28.6 Å². The highest BCUT2D eigenvalue weighted by Gasteiger charge is 2.22. The van der Waals surface area contributed by atoms with E-state index in [0.29, 0.717) is 6.04 Å². The van der Waals surface area contributed by atoms with E-state index in [4.69, 9.17) is 4.42 Å². The number of hydrogen-bond donors (Lipinski definition) is 0. The second-order valence-corrected chi connectivity index (χ2v) is 5.25. The van der Waals surface area contributed by atoms with E-state index >= 15 is 0 Å². The molecule has 106 valence electrons. The van der Waals surface area contributed by atoms with Gasteiger partial charge in [-0.25, -0.2) is 4.79 Å². The van der Waals surface area contributed by atoms with Gasteiger partial charge in [0.1, 0.15) is 5.76 Å². The van der Waals surface area contributed by atoms with Crippen LogP contribution in [-0.2, 0) is 11.3 Å². The van der Waals surface area contributed by atoms with Crippen molar-refractivity contribution in [1.29, 1.82) is 0 Å². The first-order valence-corrected chi connectivity index (χ1v) is 6.66. The molecule has 19 heavy (non-hydrogen) atoms. The van der Waals surface area contributed by atoms with Gasteiger partial charge in [-0.3, -0.25) is 4.90 Å². The smallest absolute Gasteiger partial charge is 0.373 e. The summed E-state index contributed by atoms with van der Waals surface area (Å²) in [7, 11) is 5.60. The van der Waals surface area contributed by atoms with Crippen LogP contribution in [0.1, 0.15) is 29.2 Å². The summed E-state index contributed by atoms with van der Waals surface area (Å²) < 4.78 is 10.1. The van der Waals surface area contributed by atoms with Crippen molar-refractivity contribution < 1.29 is 13.9 Å². The molecule has 0 spiro atoms. The highest BCUT2D eigenvalue weighted by atomic mass is 16.5. The monoisotopic (exact) mass is 266 g/mol. The normalized spacial score (nSPS) is 20.7. The molecule has 0 aliphatic carbocycles. The second-order valence-electron chi connectivity index (χ2n) is 5.25. The Hall–Kier alpha value is -1.33. The van der Waals surface area contributed by atoms with Crippen molar-refractivity contribution in [2.24, 2.45) is 0 Å². The fraction of sp³-hybridized carbons (Fsp3) is 0.643. The van der Waals surface area contributed by atoms with E-state index in [-0.39, 0.29) is 5.76 Å². The first-order chi connectivity index (χ1) is 9.10. The van der Waals surface area contributed by atoms with E-state index in [1.165, 1.54) is 20.0 Å². The van der Waals surface area contributed by atoms with Crippen LogP contribution in [0.15, 0.2) is 16.5 Å². The van der Waals surface area contributed by atoms with Gasteiger partial charge in [0.05, 0.1) is 13.7 Å². The second kappa shape index (κ2) is 6.21. The third-order valence-corrected chi connectivity index (χ3v) is 3.64. The lowest BCUT2D eigenvalue weighted by atomic mass is 10.0. The number of ether oxygens (including phenoxy) is 1. The number of hydrogen-bond acceptors (Lipinski definition) is 5. The van der Waals surface area contributed by atoms with Crippen LogP contribution in [0, 0.1) is 0 Å². The summed E-state index contributed by atoms with van der Waals surface area (Å²) in [6.07, 6.45) is 2.45. The van der Waals surface area contributed by atoms with Gasteiger partial charge in [-0.05, 0) is 45.6 Å². The zero-order valence-corrected chi connectivity index (χ0v) is 11.9. The van der Waals surface area contributed by atoms with Crippen LogP contribution in [0.25, 0.3) is 0 Å². The van der Waals surface area contributed by atoms with Gasteiger partial charge in [-0.15, -0.1) is 0 Å². The molecule has 1 unspecified atom stereocenters. The molecule has 0 bridgehead atoms. The predicted octanol–water partition coefficient (Wildman–Crippen LogP) is 1.59. The molecule has 1 aliphatic rings. The SMILES string of the molecule is COC(=O)c1ccc(CN2CCCC(N(C)C)C2)o1. The fourth-order valence-electron chi connectivity index (χ4n) is 2.49. The molecule has 0 amide bonds. The van der Waals surface area contributed by atoms with Crippen LogP contribution in [-0.4, -0.2) is 56.1 Å². The summed E-state index contributed by atoms with van der Waals surface area (Å²) in [5.41, 5.74) is 0. The number of esters is 1. The first kappa shape index (κ1) is 14.1. The maximum absolute atomic E-state index is 11.3. The number of carbonyl (C=O) groups excluding carboxylic acids is 1. The van der Waals surface area contributed by atoms with Gasteiger partial charge in [-0.2, -0.15) is 0 Å². The lowest BCUT2D eigenvalue weighted by Crippen LogP contribution is -2.44. The van der Waals surface area contributed by atoms with Crippen molar-refractivity contribution in [3.05, 3.63) is 23.7 Å². The maximum Gasteiger partial charge on any atom is 0.373 e. The first-order valence-electron chi connectivity index (χ1n) is 6.66. The molecule has 1 fully saturated rings. The van der Waals surface area contributed by atoms with Gasteiger partial charge >= 0.3 is 5.97 Å². The molecule has 0 aromatic carbocycles. The van der Waals surface area contributed by atoms with Crippen LogP contribution < -0.4 is 0 Å². The number of likely N-dealkylation sites (tertiary alicyclic amines) is 1. The van der Waals surface area contributed by atoms with Gasteiger partial charge in [0.15, 0.2) is 0 Å². The molecular formula is C14H22N2O3. The number of rotatable bonds is 4. The topological polar surface area (TPSA) is 45.9 Å². The lowest BCUT2D eigenvalue weighted by Gasteiger charge is -2.35. The summed E-state index contributed by atoms with van der Waals surface area (Å²) in [6, 6.07) is 4.13. The van der Waals surface area contributed by atoms with Crippen LogP contribution in [0.3, 0.4) is 0 Å². The maximum atomic E-state index is 11.3. The summed E-state index contributed by atoms with van der Waals surface area (Å²) in [5.74, 6) is 0.675. The number of likely N-dealkylation sites (N-methyl/N-ethyl adjacent to an activating group) is 1. The molecule has 1 aromatic heterocycles. The van der Waals surface area contributed by atoms with Crippen molar-refractivity contribution in [3.63, 3.8) is 0 Å². The molecule has 0 N–H and O–H groups in total. The van der Waals surface area contributed by atoms with E-state index < -0.39 is 5.97 Å². The Labute approximate surface area is 114 Å². The van der Waals surface area contributed by atoms with E-state index in [9.17, 15) is 4.79 Å². The number of methoxy groups -OCH3 is 1. The third kappa shape index (κ3) is 3.58. The molecule has 1 saturated heterocycles. The molecule has 1 atom stereocenters. The third-order valence-electron chi connectivity index (χ3n) is 3.64. The van der Waals surface area contributed by atoms with Crippen LogP contribution >= 0.6 is 0 Å². The molecule has 1 aromatic rings. The number of nitrogens with zero attached hydrogens (tertiary/aromatic N) is 2.